The number of benzene rings is 1. The van der Waals surface area contributed by atoms with Crippen LogP contribution in [-0.2, 0) is 6.54 Å². The van der Waals surface area contributed by atoms with Crippen molar-refractivity contribution < 1.29 is 17.9 Å². The molecule has 1 aliphatic carbocycles. The SMILES string of the molecule is CCNC(=NCc1cccc(OCC(F)(F)F)c1)NC1CCCC1.I. The van der Waals surface area contributed by atoms with Crippen molar-refractivity contribution in [3.63, 3.8) is 0 Å². The summed E-state index contributed by atoms with van der Waals surface area (Å²) in [5.41, 5.74) is 0.804. The molecule has 0 spiro atoms. The third-order valence-electron chi connectivity index (χ3n) is 3.76. The van der Waals surface area contributed by atoms with Gasteiger partial charge in [0, 0.05) is 12.6 Å². The normalized spacial score (nSPS) is 15.6. The molecular formula is C17H25F3IN3O. The number of rotatable bonds is 6. The van der Waals surface area contributed by atoms with Crippen LogP contribution in [-0.4, -0.2) is 31.3 Å². The second-order valence-electron chi connectivity index (χ2n) is 5.87. The molecule has 0 aliphatic heterocycles. The zero-order valence-corrected chi connectivity index (χ0v) is 16.6. The van der Waals surface area contributed by atoms with E-state index in [2.05, 4.69) is 15.6 Å². The zero-order valence-electron chi connectivity index (χ0n) is 14.2. The molecule has 0 amide bonds. The van der Waals surface area contributed by atoms with E-state index < -0.39 is 12.8 Å². The average Bonchev–Trinajstić information content (AvgIpc) is 3.04. The predicted octanol–water partition coefficient (Wildman–Crippen LogP) is 4.24. The van der Waals surface area contributed by atoms with Crippen LogP contribution in [0, 0.1) is 0 Å². The van der Waals surface area contributed by atoms with E-state index in [9.17, 15) is 13.2 Å². The number of aliphatic imine (C=N–C) groups is 1. The van der Waals surface area contributed by atoms with Crippen molar-refractivity contribution in [3.8, 4) is 5.75 Å². The van der Waals surface area contributed by atoms with Gasteiger partial charge in [-0.05, 0) is 37.5 Å². The second kappa shape index (κ2) is 10.7. The Bertz CT molecular complexity index is 546. The smallest absolute Gasteiger partial charge is 0.422 e. The Hall–Kier alpha value is -1.19. The summed E-state index contributed by atoms with van der Waals surface area (Å²) in [6, 6.07) is 7.05. The van der Waals surface area contributed by atoms with E-state index in [1.54, 1.807) is 12.1 Å². The van der Waals surface area contributed by atoms with Crippen molar-refractivity contribution in [1.29, 1.82) is 0 Å². The Morgan fingerprint density at radius 2 is 2.00 bits per heavy atom. The van der Waals surface area contributed by atoms with E-state index in [0.717, 1.165) is 30.9 Å². The molecule has 1 aliphatic rings. The fourth-order valence-electron chi connectivity index (χ4n) is 2.65. The summed E-state index contributed by atoms with van der Waals surface area (Å²) < 4.78 is 41.4. The molecular weight excluding hydrogens is 446 g/mol. The van der Waals surface area contributed by atoms with Gasteiger partial charge in [0.25, 0.3) is 0 Å². The van der Waals surface area contributed by atoms with Gasteiger partial charge in [0.2, 0.25) is 0 Å². The first kappa shape index (κ1) is 21.9. The molecule has 2 rings (SSSR count). The van der Waals surface area contributed by atoms with Crippen LogP contribution in [0.2, 0.25) is 0 Å². The lowest BCUT2D eigenvalue weighted by Gasteiger charge is -2.16. The number of nitrogens with zero attached hydrogens (tertiary/aromatic N) is 1. The molecule has 0 unspecified atom stereocenters. The summed E-state index contributed by atoms with van der Waals surface area (Å²) in [6.07, 6.45) is 0.416. The van der Waals surface area contributed by atoms with Crippen LogP contribution >= 0.6 is 24.0 Å². The highest BCUT2D eigenvalue weighted by molar-refractivity contribution is 14.0. The highest BCUT2D eigenvalue weighted by Crippen LogP contribution is 2.20. The number of halogens is 4. The van der Waals surface area contributed by atoms with Gasteiger partial charge < -0.3 is 15.4 Å². The molecule has 1 aromatic rings. The van der Waals surface area contributed by atoms with Crippen molar-refractivity contribution in [2.24, 2.45) is 4.99 Å². The van der Waals surface area contributed by atoms with Crippen molar-refractivity contribution in [3.05, 3.63) is 29.8 Å². The molecule has 25 heavy (non-hydrogen) atoms. The molecule has 2 N–H and O–H groups in total. The summed E-state index contributed by atoms with van der Waals surface area (Å²) in [5.74, 6) is 0.944. The minimum Gasteiger partial charge on any atom is -0.484 e. The molecule has 8 heteroatoms. The Labute approximate surface area is 163 Å². The van der Waals surface area contributed by atoms with E-state index in [-0.39, 0.29) is 29.7 Å². The number of hydrogen-bond acceptors (Lipinski definition) is 2. The van der Waals surface area contributed by atoms with Crippen LogP contribution < -0.4 is 15.4 Å². The Morgan fingerprint density at radius 3 is 2.64 bits per heavy atom. The molecule has 4 nitrogen and oxygen atoms in total. The quantitative estimate of drug-likeness (QED) is 0.371. The number of ether oxygens (including phenoxy) is 1. The van der Waals surface area contributed by atoms with E-state index >= 15 is 0 Å². The van der Waals surface area contributed by atoms with Gasteiger partial charge in [-0.1, -0.05) is 25.0 Å². The number of alkyl halides is 3. The molecule has 1 fully saturated rings. The van der Waals surface area contributed by atoms with Crippen LogP contribution in [0.5, 0.6) is 5.75 Å². The largest absolute Gasteiger partial charge is 0.484 e. The first-order valence-corrected chi connectivity index (χ1v) is 8.29. The van der Waals surface area contributed by atoms with Gasteiger partial charge >= 0.3 is 6.18 Å². The molecule has 0 aromatic heterocycles. The maximum Gasteiger partial charge on any atom is 0.422 e. The number of guanidine groups is 1. The topological polar surface area (TPSA) is 45.7 Å². The maximum atomic E-state index is 12.2. The minimum absolute atomic E-state index is 0. The lowest BCUT2D eigenvalue weighted by atomic mass is 10.2. The number of hydrogen-bond donors (Lipinski definition) is 2. The monoisotopic (exact) mass is 471 g/mol. The minimum atomic E-state index is -4.34. The van der Waals surface area contributed by atoms with E-state index in [4.69, 9.17) is 4.74 Å². The van der Waals surface area contributed by atoms with E-state index in [1.165, 1.54) is 18.9 Å². The first-order chi connectivity index (χ1) is 11.5. The maximum absolute atomic E-state index is 12.2. The Kier molecular flexibility index (Phi) is 9.37. The van der Waals surface area contributed by atoms with Crippen LogP contribution in [0.15, 0.2) is 29.3 Å². The summed E-state index contributed by atoms with van der Waals surface area (Å²) in [4.78, 5) is 4.51. The van der Waals surface area contributed by atoms with Gasteiger partial charge in [-0.25, -0.2) is 4.99 Å². The van der Waals surface area contributed by atoms with Crippen LogP contribution in [0.1, 0.15) is 38.2 Å². The van der Waals surface area contributed by atoms with Crippen molar-refractivity contribution in [1.82, 2.24) is 10.6 Å². The van der Waals surface area contributed by atoms with Crippen LogP contribution in [0.3, 0.4) is 0 Å². The lowest BCUT2D eigenvalue weighted by Crippen LogP contribution is -2.42. The van der Waals surface area contributed by atoms with Gasteiger partial charge in [0.15, 0.2) is 12.6 Å². The van der Waals surface area contributed by atoms with Crippen molar-refractivity contribution >= 4 is 29.9 Å². The predicted molar refractivity (Wildman–Crippen MR) is 104 cm³/mol. The summed E-state index contributed by atoms with van der Waals surface area (Å²) in [7, 11) is 0. The Morgan fingerprint density at radius 1 is 1.28 bits per heavy atom. The van der Waals surface area contributed by atoms with Gasteiger partial charge in [-0.2, -0.15) is 13.2 Å². The van der Waals surface area contributed by atoms with Crippen LogP contribution in [0.4, 0.5) is 13.2 Å². The second-order valence-corrected chi connectivity index (χ2v) is 5.87. The zero-order chi connectivity index (χ0) is 17.4. The highest BCUT2D eigenvalue weighted by Gasteiger charge is 2.28. The number of nitrogens with one attached hydrogen (secondary N) is 2. The van der Waals surface area contributed by atoms with Crippen molar-refractivity contribution in [2.75, 3.05) is 13.2 Å². The van der Waals surface area contributed by atoms with Gasteiger partial charge in [-0.15, -0.1) is 24.0 Å². The van der Waals surface area contributed by atoms with E-state index in [1.807, 2.05) is 13.0 Å². The third-order valence-corrected chi connectivity index (χ3v) is 3.76. The summed E-state index contributed by atoms with van der Waals surface area (Å²) in [5, 5.41) is 6.60. The molecule has 1 aromatic carbocycles. The summed E-state index contributed by atoms with van der Waals surface area (Å²) in [6.45, 7) is 1.85. The Balaban J connectivity index is 0.00000312. The molecule has 0 saturated heterocycles. The molecule has 0 atom stereocenters. The lowest BCUT2D eigenvalue weighted by molar-refractivity contribution is -0.153. The third kappa shape index (κ3) is 8.64. The van der Waals surface area contributed by atoms with Gasteiger partial charge in [0.05, 0.1) is 6.54 Å². The fourth-order valence-corrected chi connectivity index (χ4v) is 2.65. The van der Waals surface area contributed by atoms with Gasteiger partial charge in [0.1, 0.15) is 5.75 Å². The molecule has 0 bridgehead atoms. The molecule has 0 radical (unpaired) electrons. The highest BCUT2D eigenvalue weighted by atomic mass is 127. The van der Waals surface area contributed by atoms with Crippen LogP contribution in [0.25, 0.3) is 0 Å². The molecule has 142 valence electrons. The van der Waals surface area contributed by atoms with Gasteiger partial charge in [-0.3, -0.25) is 0 Å². The average molecular weight is 471 g/mol. The fraction of sp³-hybridized carbons (Fsp3) is 0.588. The molecule has 0 heterocycles. The first-order valence-electron chi connectivity index (χ1n) is 8.29. The summed E-state index contributed by atoms with van der Waals surface area (Å²) >= 11 is 0. The standard InChI is InChI=1S/C17H24F3N3O.HI/c1-2-21-16(23-14-7-3-4-8-14)22-11-13-6-5-9-15(10-13)24-12-17(18,19)20;/h5-6,9-10,14H,2-4,7-8,11-12H2,1H3,(H2,21,22,23);1H. The molecule has 1 saturated carbocycles. The van der Waals surface area contributed by atoms with Crippen molar-refractivity contribution in [2.45, 2.75) is 51.4 Å². The van der Waals surface area contributed by atoms with E-state index in [0.29, 0.717) is 12.6 Å².